The van der Waals surface area contributed by atoms with Crippen LogP contribution in [0.25, 0.3) is 0 Å². The van der Waals surface area contributed by atoms with Crippen molar-refractivity contribution in [2.24, 2.45) is 35.5 Å². The van der Waals surface area contributed by atoms with Crippen LogP contribution in [0.1, 0.15) is 88.2 Å². The Hall–Kier alpha value is -1.21. The maximum atomic E-state index is 2.82. The van der Waals surface area contributed by atoms with E-state index >= 15 is 0 Å². The van der Waals surface area contributed by atoms with Gasteiger partial charge in [-0.15, -0.1) is 0 Å². The number of rotatable bonds is 4. The summed E-state index contributed by atoms with van der Waals surface area (Å²) in [6.07, 6.45) is 17.3. The van der Waals surface area contributed by atoms with Gasteiger partial charge in [-0.1, -0.05) is 87.4 Å². The first-order valence-corrected chi connectivity index (χ1v) is 17.3. The average molecular weight is 489 g/mol. The Bertz CT molecular complexity index is 901. The Morgan fingerprint density at radius 2 is 0.943 bits per heavy atom. The minimum absolute atomic E-state index is 0.689. The summed E-state index contributed by atoms with van der Waals surface area (Å²) < 4.78 is 0. The Kier molecular flexibility index (Phi) is 6.61. The van der Waals surface area contributed by atoms with Crippen molar-refractivity contribution >= 4 is 10.0 Å². The number of hydrogen-bond donors (Lipinski definition) is 0. The second kappa shape index (κ2) is 9.59. The van der Waals surface area contributed by atoms with E-state index in [1.807, 2.05) is 0 Å². The summed E-state index contributed by atoms with van der Waals surface area (Å²) in [4.78, 5) is 0. The summed E-state index contributed by atoms with van der Waals surface area (Å²) in [6.45, 7) is 5.31. The van der Waals surface area contributed by atoms with Gasteiger partial charge in [0.1, 0.15) is 0 Å². The maximum Gasteiger partial charge on any atom is -0.00571 e. The topological polar surface area (TPSA) is 0 Å². The highest BCUT2D eigenvalue weighted by Gasteiger charge is 2.57. The van der Waals surface area contributed by atoms with Crippen LogP contribution in [0.5, 0.6) is 0 Å². The van der Waals surface area contributed by atoms with Gasteiger partial charge in [-0.3, -0.25) is 0 Å². The number of fused-ring (bicyclic) bond motifs is 2. The van der Waals surface area contributed by atoms with E-state index in [1.54, 1.807) is 11.1 Å². The van der Waals surface area contributed by atoms with E-state index in [0.717, 1.165) is 57.8 Å². The Balaban J connectivity index is 1.28. The molecule has 4 fully saturated rings. The van der Waals surface area contributed by atoms with Gasteiger partial charge in [0.2, 0.25) is 0 Å². The molecule has 0 nitrogen and oxygen atoms in total. The zero-order valence-corrected chi connectivity index (χ0v) is 23.4. The van der Waals surface area contributed by atoms with E-state index in [0.29, 0.717) is 0 Å². The predicted octanol–water partition coefficient (Wildman–Crippen LogP) is 9.27. The molecule has 0 aromatic heterocycles. The van der Waals surface area contributed by atoms with Crippen molar-refractivity contribution in [2.75, 3.05) is 12.5 Å². The molecule has 0 amide bonds. The molecule has 190 valence electrons. The summed E-state index contributed by atoms with van der Waals surface area (Å²) >= 11 is 0. The van der Waals surface area contributed by atoms with Crippen LogP contribution in [0, 0.1) is 35.5 Å². The maximum absolute atomic E-state index is 2.82. The second-order valence-electron chi connectivity index (χ2n) is 13.4. The first kappa shape index (κ1) is 24.1. The Morgan fingerprint density at radius 3 is 1.34 bits per heavy atom. The molecular weight excluding hydrogens is 440 g/mol. The van der Waals surface area contributed by atoms with Gasteiger partial charge in [-0.25, -0.2) is 10.0 Å². The van der Waals surface area contributed by atoms with Gasteiger partial charge in [0.25, 0.3) is 0 Å². The lowest BCUT2D eigenvalue weighted by atomic mass is 9.71. The third kappa shape index (κ3) is 4.13. The highest BCUT2D eigenvalue weighted by atomic mass is 32.3. The van der Waals surface area contributed by atoms with Gasteiger partial charge in [0.05, 0.1) is 0 Å². The molecule has 0 saturated heterocycles. The summed E-state index contributed by atoms with van der Waals surface area (Å²) in [6, 6.07) is 23.2. The van der Waals surface area contributed by atoms with Crippen molar-refractivity contribution in [3.05, 3.63) is 71.8 Å². The van der Waals surface area contributed by atoms with Crippen LogP contribution in [0.2, 0.25) is 0 Å². The SMILES string of the molecule is CC1CC2C(c3ccccc3)CCCC2C1S(C)(C)C1C(C)CC2C(c3ccccc3)CCCC21. The van der Waals surface area contributed by atoms with E-state index in [2.05, 4.69) is 87.0 Å². The van der Waals surface area contributed by atoms with Crippen molar-refractivity contribution < 1.29 is 0 Å². The van der Waals surface area contributed by atoms with E-state index < -0.39 is 10.0 Å². The van der Waals surface area contributed by atoms with Gasteiger partial charge in [0, 0.05) is 0 Å². The van der Waals surface area contributed by atoms with Crippen LogP contribution in [-0.4, -0.2) is 23.0 Å². The van der Waals surface area contributed by atoms with Gasteiger partial charge in [-0.05, 0) is 120 Å². The standard InChI is InChI=1S/C34H48S/c1-23-21-31-27(25-13-7-5-8-14-25)17-11-19-29(31)33(23)35(3,4)34-24(2)22-32-28(18-12-20-30(32)34)26-15-9-6-10-16-26/h5-10,13-16,23-24,27-34H,11-12,17-22H2,1-4H3. The molecule has 0 spiro atoms. The second-order valence-corrected chi connectivity index (χ2v) is 17.5. The summed E-state index contributed by atoms with van der Waals surface area (Å²) in [5, 5.41) is 1.95. The van der Waals surface area contributed by atoms with E-state index in [4.69, 9.17) is 0 Å². The predicted molar refractivity (Wildman–Crippen MR) is 155 cm³/mol. The molecule has 35 heavy (non-hydrogen) atoms. The molecule has 0 N–H and O–H groups in total. The fraction of sp³-hybridized carbons (Fsp3) is 0.647. The van der Waals surface area contributed by atoms with E-state index in [-0.39, 0.29) is 0 Å². The lowest BCUT2D eigenvalue weighted by Gasteiger charge is -2.54. The van der Waals surface area contributed by atoms with Crippen molar-refractivity contribution in [1.82, 2.24) is 0 Å². The average Bonchev–Trinajstić information content (AvgIpc) is 3.41. The minimum atomic E-state index is -0.689. The first-order valence-electron chi connectivity index (χ1n) is 14.8. The smallest absolute Gasteiger partial charge is 0.00571 e. The van der Waals surface area contributed by atoms with Gasteiger partial charge >= 0.3 is 0 Å². The molecule has 6 rings (SSSR count). The normalized spacial score (nSPS) is 41.8. The molecule has 2 aromatic rings. The van der Waals surface area contributed by atoms with E-state index in [1.165, 1.54) is 51.4 Å². The van der Waals surface area contributed by atoms with Crippen LogP contribution in [0.15, 0.2) is 60.7 Å². The summed E-state index contributed by atoms with van der Waals surface area (Å²) in [7, 11) is -0.689. The molecule has 4 aliphatic rings. The van der Waals surface area contributed by atoms with Crippen molar-refractivity contribution in [3.63, 3.8) is 0 Å². The van der Waals surface area contributed by atoms with Crippen molar-refractivity contribution in [2.45, 2.75) is 87.5 Å². The lowest BCUT2D eigenvalue weighted by molar-refractivity contribution is 0.235. The molecular formula is C34H48S. The molecule has 4 aliphatic carbocycles. The number of benzene rings is 2. The zero-order chi connectivity index (χ0) is 24.2. The van der Waals surface area contributed by atoms with Crippen molar-refractivity contribution in [1.29, 1.82) is 0 Å². The molecule has 0 radical (unpaired) electrons. The molecule has 4 saturated carbocycles. The molecule has 10 unspecified atom stereocenters. The monoisotopic (exact) mass is 488 g/mol. The fourth-order valence-electron chi connectivity index (χ4n) is 10.6. The Morgan fingerprint density at radius 1 is 0.543 bits per heavy atom. The van der Waals surface area contributed by atoms with Gasteiger partial charge in [0.15, 0.2) is 0 Å². The summed E-state index contributed by atoms with van der Waals surface area (Å²) in [5.74, 6) is 7.20. The van der Waals surface area contributed by atoms with Crippen LogP contribution >= 0.6 is 10.0 Å². The summed E-state index contributed by atoms with van der Waals surface area (Å²) in [5.41, 5.74) is 3.27. The molecule has 0 bridgehead atoms. The van der Waals surface area contributed by atoms with E-state index in [9.17, 15) is 0 Å². The minimum Gasteiger partial charge on any atom is -0.240 e. The van der Waals surface area contributed by atoms with Crippen LogP contribution in [-0.2, 0) is 0 Å². The van der Waals surface area contributed by atoms with Crippen LogP contribution < -0.4 is 0 Å². The fourth-order valence-corrected chi connectivity index (χ4v) is 16.0. The quantitative estimate of drug-likeness (QED) is 0.402. The largest absolute Gasteiger partial charge is 0.240 e. The zero-order valence-electron chi connectivity index (χ0n) is 22.6. The third-order valence-corrected chi connectivity index (χ3v) is 15.8. The first-order chi connectivity index (χ1) is 17.0. The molecule has 0 heterocycles. The van der Waals surface area contributed by atoms with Crippen LogP contribution in [0.3, 0.4) is 0 Å². The van der Waals surface area contributed by atoms with Crippen molar-refractivity contribution in [3.8, 4) is 0 Å². The molecule has 10 atom stereocenters. The third-order valence-electron chi connectivity index (χ3n) is 11.4. The highest BCUT2D eigenvalue weighted by Crippen LogP contribution is 2.71. The highest BCUT2D eigenvalue weighted by molar-refractivity contribution is 8.33. The number of hydrogen-bond acceptors (Lipinski definition) is 0. The molecule has 2 aromatic carbocycles. The van der Waals surface area contributed by atoms with Gasteiger partial charge in [-0.2, -0.15) is 0 Å². The Labute approximate surface area is 217 Å². The van der Waals surface area contributed by atoms with Gasteiger partial charge < -0.3 is 0 Å². The molecule has 0 aliphatic heterocycles. The van der Waals surface area contributed by atoms with Crippen LogP contribution in [0.4, 0.5) is 0 Å². The molecule has 1 heteroatoms. The lowest BCUT2D eigenvalue weighted by Crippen LogP contribution is -2.41.